The molecule has 4 N–H and O–H groups in total. The molecule has 0 spiro atoms. The molecule has 1 saturated carbocycles. The first kappa shape index (κ1) is 10.9. The van der Waals surface area contributed by atoms with Crippen LogP contribution in [0.2, 0.25) is 0 Å². The fourth-order valence-corrected chi connectivity index (χ4v) is 1.48. The summed E-state index contributed by atoms with van der Waals surface area (Å²) in [6.45, 7) is 0.287. The first-order valence-electron chi connectivity index (χ1n) is 5.34. The number of nitrogens with one attached hydrogen (secondary N) is 1. The Bertz CT molecular complexity index is 373. The van der Waals surface area contributed by atoms with E-state index in [-0.39, 0.29) is 12.5 Å². The SMILES string of the molecule is Nc1ccc(C(=O)NCC(O)C2CC2)nc1. The van der Waals surface area contributed by atoms with Crippen LogP contribution in [-0.4, -0.2) is 28.6 Å². The van der Waals surface area contributed by atoms with Gasteiger partial charge in [0.25, 0.3) is 5.91 Å². The maximum atomic E-state index is 11.6. The molecular weight excluding hydrogens is 206 g/mol. The van der Waals surface area contributed by atoms with E-state index in [1.165, 1.54) is 6.20 Å². The first-order valence-corrected chi connectivity index (χ1v) is 5.34. The summed E-state index contributed by atoms with van der Waals surface area (Å²) in [6.07, 6.45) is 3.11. The van der Waals surface area contributed by atoms with Gasteiger partial charge in [0.05, 0.1) is 18.0 Å². The van der Waals surface area contributed by atoms with E-state index in [0.29, 0.717) is 17.3 Å². The van der Waals surface area contributed by atoms with Crippen LogP contribution in [0, 0.1) is 5.92 Å². The highest BCUT2D eigenvalue weighted by Crippen LogP contribution is 2.32. The molecule has 0 radical (unpaired) electrons. The third-order valence-electron chi connectivity index (χ3n) is 2.66. The van der Waals surface area contributed by atoms with E-state index >= 15 is 0 Å². The lowest BCUT2D eigenvalue weighted by atomic mass is 10.2. The zero-order chi connectivity index (χ0) is 11.5. The van der Waals surface area contributed by atoms with Crippen molar-refractivity contribution in [2.24, 2.45) is 5.92 Å². The molecule has 1 heterocycles. The Kier molecular flexibility index (Phi) is 3.05. The molecule has 0 saturated heterocycles. The number of carbonyl (C=O) groups excluding carboxylic acids is 1. The molecule has 0 aliphatic heterocycles. The number of hydrogen-bond donors (Lipinski definition) is 3. The van der Waals surface area contributed by atoms with Crippen LogP contribution < -0.4 is 11.1 Å². The minimum absolute atomic E-state index is 0.278. The Morgan fingerprint density at radius 2 is 2.38 bits per heavy atom. The van der Waals surface area contributed by atoms with Crippen LogP contribution in [0.5, 0.6) is 0 Å². The van der Waals surface area contributed by atoms with Crippen molar-refractivity contribution in [3.63, 3.8) is 0 Å². The number of aliphatic hydroxyl groups is 1. The fourth-order valence-electron chi connectivity index (χ4n) is 1.48. The number of nitrogens with two attached hydrogens (primary N) is 1. The van der Waals surface area contributed by atoms with Crippen molar-refractivity contribution in [3.05, 3.63) is 24.0 Å². The molecule has 1 aromatic rings. The number of nitrogens with zero attached hydrogens (tertiary/aromatic N) is 1. The van der Waals surface area contributed by atoms with Gasteiger partial charge in [-0.3, -0.25) is 4.79 Å². The average molecular weight is 221 g/mol. The zero-order valence-corrected chi connectivity index (χ0v) is 8.89. The molecule has 1 aliphatic rings. The van der Waals surface area contributed by atoms with Gasteiger partial charge in [0.1, 0.15) is 5.69 Å². The van der Waals surface area contributed by atoms with E-state index < -0.39 is 6.10 Å². The summed E-state index contributed by atoms with van der Waals surface area (Å²) in [5.74, 6) is 0.0828. The Hall–Kier alpha value is -1.62. The lowest BCUT2D eigenvalue weighted by Crippen LogP contribution is -2.33. The molecule has 86 valence electrons. The highest BCUT2D eigenvalue weighted by Gasteiger charge is 2.29. The van der Waals surface area contributed by atoms with E-state index in [1.807, 2.05) is 0 Å². The number of amides is 1. The van der Waals surface area contributed by atoms with Gasteiger partial charge in [-0.05, 0) is 30.9 Å². The number of rotatable bonds is 4. The van der Waals surface area contributed by atoms with Gasteiger partial charge in [-0.25, -0.2) is 4.98 Å². The average Bonchev–Trinajstić information content (AvgIpc) is 3.10. The minimum atomic E-state index is -0.433. The van der Waals surface area contributed by atoms with Gasteiger partial charge < -0.3 is 16.2 Å². The summed E-state index contributed by atoms with van der Waals surface area (Å²) in [5, 5.41) is 12.2. The van der Waals surface area contributed by atoms with Gasteiger partial charge in [-0.1, -0.05) is 0 Å². The third kappa shape index (κ3) is 2.70. The molecular formula is C11H15N3O2. The van der Waals surface area contributed by atoms with Crippen LogP contribution >= 0.6 is 0 Å². The number of anilines is 1. The molecule has 1 fully saturated rings. The van der Waals surface area contributed by atoms with Crippen LogP contribution in [-0.2, 0) is 0 Å². The van der Waals surface area contributed by atoms with Crippen LogP contribution in [0.25, 0.3) is 0 Å². The van der Waals surface area contributed by atoms with Crippen LogP contribution in [0.15, 0.2) is 18.3 Å². The molecule has 0 aromatic carbocycles. The predicted octanol–water partition coefficient (Wildman–Crippen LogP) is 0.164. The normalized spacial score (nSPS) is 16.8. The van der Waals surface area contributed by atoms with Crippen molar-refractivity contribution >= 4 is 11.6 Å². The van der Waals surface area contributed by atoms with E-state index in [2.05, 4.69) is 10.3 Å². The largest absolute Gasteiger partial charge is 0.397 e. The lowest BCUT2D eigenvalue weighted by molar-refractivity contribution is 0.0896. The summed E-state index contributed by atoms with van der Waals surface area (Å²) < 4.78 is 0. The second-order valence-corrected chi connectivity index (χ2v) is 4.09. The van der Waals surface area contributed by atoms with Gasteiger partial charge in [0, 0.05) is 6.54 Å². The summed E-state index contributed by atoms with van der Waals surface area (Å²) in [7, 11) is 0. The zero-order valence-electron chi connectivity index (χ0n) is 8.89. The highest BCUT2D eigenvalue weighted by molar-refractivity contribution is 5.92. The number of nitrogen functional groups attached to an aromatic ring is 1. The lowest BCUT2D eigenvalue weighted by Gasteiger charge is -2.10. The van der Waals surface area contributed by atoms with Crippen molar-refractivity contribution in [1.29, 1.82) is 0 Å². The summed E-state index contributed by atoms with van der Waals surface area (Å²) in [6, 6.07) is 3.19. The maximum Gasteiger partial charge on any atom is 0.269 e. The summed E-state index contributed by atoms with van der Waals surface area (Å²) in [5.41, 5.74) is 6.30. The van der Waals surface area contributed by atoms with E-state index in [1.54, 1.807) is 12.1 Å². The van der Waals surface area contributed by atoms with Gasteiger partial charge in [-0.15, -0.1) is 0 Å². The van der Waals surface area contributed by atoms with Crippen molar-refractivity contribution in [3.8, 4) is 0 Å². The summed E-state index contributed by atoms with van der Waals surface area (Å²) in [4.78, 5) is 15.5. The monoisotopic (exact) mass is 221 g/mol. The quantitative estimate of drug-likeness (QED) is 0.676. The van der Waals surface area contributed by atoms with Crippen molar-refractivity contribution in [1.82, 2.24) is 10.3 Å². The maximum absolute atomic E-state index is 11.6. The number of aliphatic hydroxyl groups excluding tert-OH is 1. The Morgan fingerprint density at radius 1 is 1.62 bits per heavy atom. The highest BCUT2D eigenvalue weighted by atomic mass is 16.3. The van der Waals surface area contributed by atoms with E-state index in [4.69, 9.17) is 5.73 Å². The molecule has 2 rings (SSSR count). The van der Waals surface area contributed by atoms with Crippen LogP contribution in [0.1, 0.15) is 23.3 Å². The van der Waals surface area contributed by atoms with Gasteiger partial charge >= 0.3 is 0 Å². The molecule has 16 heavy (non-hydrogen) atoms. The van der Waals surface area contributed by atoms with Gasteiger partial charge in [0.2, 0.25) is 0 Å². The molecule has 1 aromatic heterocycles. The number of pyridine rings is 1. The predicted molar refractivity (Wildman–Crippen MR) is 59.7 cm³/mol. The minimum Gasteiger partial charge on any atom is -0.397 e. The molecule has 5 heteroatoms. The first-order chi connectivity index (χ1) is 7.66. The Labute approximate surface area is 93.7 Å². The second-order valence-electron chi connectivity index (χ2n) is 4.09. The topological polar surface area (TPSA) is 88.2 Å². The second kappa shape index (κ2) is 4.49. The Morgan fingerprint density at radius 3 is 2.94 bits per heavy atom. The molecule has 5 nitrogen and oxygen atoms in total. The standard InChI is InChI=1S/C11H15N3O2/c12-8-3-4-9(13-5-8)11(16)14-6-10(15)7-1-2-7/h3-5,7,10,15H,1-2,6,12H2,(H,14,16). The summed E-state index contributed by atoms with van der Waals surface area (Å²) >= 11 is 0. The molecule has 0 bridgehead atoms. The molecule has 1 aliphatic carbocycles. The smallest absolute Gasteiger partial charge is 0.269 e. The van der Waals surface area contributed by atoms with Crippen molar-refractivity contribution in [2.75, 3.05) is 12.3 Å². The molecule has 1 amide bonds. The fraction of sp³-hybridized carbons (Fsp3) is 0.455. The van der Waals surface area contributed by atoms with E-state index in [0.717, 1.165) is 12.8 Å². The van der Waals surface area contributed by atoms with Gasteiger partial charge in [-0.2, -0.15) is 0 Å². The number of aromatic nitrogens is 1. The van der Waals surface area contributed by atoms with Crippen molar-refractivity contribution in [2.45, 2.75) is 18.9 Å². The van der Waals surface area contributed by atoms with Crippen LogP contribution in [0.3, 0.4) is 0 Å². The third-order valence-corrected chi connectivity index (χ3v) is 2.66. The van der Waals surface area contributed by atoms with Crippen molar-refractivity contribution < 1.29 is 9.90 Å². The van der Waals surface area contributed by atoms with E-state index in [9.17, 15) is 9.90 Å². The number of hydrogen-bond acceptors (Lipinski definition) is 4. The molecule has 1 unspecified atom stereocenters. The Balaban J connectivity index is 1.85. The molecule has 1 atom stereocenters. The van der Waals surface area contributed by atoms with Gasteiger partial charge in [0.15, 0.2) is 0 Å². The number of carbonyl (C=O) groups is 1. The van der Waals surface area contributed by atoms with Crippen LogP contribution in [0.4, 0.5) is 5.69 Å².